The second-order valence-electron chi connectivity index (χ2n) is 3.97. The minimum Gasteiger partial charge on any atom is -0.308 e. The monoisotopic (exact) mass is 291 g/mol. The normalized spacial score (nSPS) is 20.1. The quantitative estimate of drug-likeness (QED) is 0.517. The molecule has 1 aromatic heterocycles. The zero-order chi connectivity index (χ0) is 12.6. The first-order valence-corrected chi connectivity index (χ1v) is 6.52. The molecule has 0 bridgehead atoms. The van der Waals surface area contributed by atoms with Crippen molar-refractivity contribution in [3.8, 4) is 0 Å². The van der Waals surface area contributed by atoms with Crippen molar-refractivity contribution >= 4 is 47.4 Å². The van der Waals surface area contributed by atoms with Crippen molar-refractivity contribution in [2.75, 3.05) is 17.2 Å². The van der Waals surface area contributed by atoms with Gasteiger partial charge in [-0.15, -0.1) is 0 Å². The molecule has 1 atom stereocenters. The maximum Gasteiger partial charge on any atom is 0.227 e. The smallest absolute Gasteiger partial charge is 0.227 e. The predicted molar refractivity (Wildman–Crippen MR) is 71.1 cm³/mol. The number of amides is 1. The standard InChI is InChI=1S/C10H11Cl2N3OS/c1-5-8(9(11)14-10(12)13-5)15-3-6(4-17)2-7(15)16/h6,17H,2-4H2,1H3. The van der Waals surface area contributed by atoms with Gasteiger partial charge >= 0.3 is 0 Å². The molecular weight excluding hydrogens is 281 g/mol. The number of hydrogen-bond donors (Lipinski definition) is 1. The Labute approximate surface area is 115 Å². The first-order valence-electron chi connectivity index (χ1n) is 5.13. The van der Waals surface area contributed by atoms with E-state index in [4.69, 9.17) is 23.2 Å². The minimum atomic E-state index is 0.0278. The molecule has 2 heterocycles. The second kappa shape index (κ2) is 5.00. The largest absolute Gasteiger partial charge is 0.308 e. The third-order valence-electron chi connectivity index (χ3n) is 2.72. The highest BCUT2D eigenvalue weighted by atomic mass is 35.5. The molecule has 1 aromatic rings. The Hall–Kier alpha value is -0.520. The maximum absolute atomic E-state index is 11.9. The SMILES string of the molecule is Cc1nc(Cl)nc(Cl)c1N1CC(CS)CC1=O. The van der Waals surface area contributed by atoms with Gasteiger partial charge in [-0.05, 0) is 30.2 Å². The van der Waals surface area contributed by atoms with Crippen LogP contribution in [-0.2, 0) is 4.79 Å². The van der Waals surface area contributed by atoms with E-state index in [1.54, 1.807) is 11.8 Å². The Kier molecular flexibility index (Phi) is 3.80. The number of carbonyl (C=O) groups excluding carboxylic acids is 1. The summed E-state index contributed by atoms with van der Waals surface area (Å²) in [6, 6.07) is 0. The van der Waals surface area contributed by atoms with E-state index in [9.17, 15) is 4.79 Å². The van der Waals surface area contributed by atoms with Crippen molar-refractivity contribution in [1.29, 1.82) is 0 Å². The first-order chi connectivity index (χ1) is 8.02. The second-order valence-corrected chi connectivity index (χ2v) is 5.04. The lowest BCUT2D eigenvalue weighted by atomic mass is 10.1. The molecule has 1 saturated heterocycles. The van der Waals surface area contributed by atoms with Gasteiger partial charge < -0.3 is 4.90 Å². The number of thiol groups is 1. The van der Waals surface area contributed by atoms with Gasteiger partial charge in [-0.25, -0.2) is 9.97 Å². The number of anilines is 1. The molecule has 2 rings (SSSR count). The molecular formula is C10H11Cl2N3OS. The van der Waals surface area contributed by atoms with Crippen LogP contribution in [-0.4, -0.2) is 28.2 Å². The van der Waals surface area contributed by atoms with E-state index in [1.807, 2.05) is 0 Å². The van der Waals surface area contributed by atoms with Gasteiger partial charge in [-0.2, -0.15) is 12.6 Å². The molecule has 0 spiro atoms. The van der Waals surface area contributed by atoms with Crippen LogP contribution in [0.1, 0.15) is 12.1 Å². The third-order valence-corrected chi connectivity index (χ3v) is 3.67. The number of carbonyl (C=O) groups is 1. The van der Waals surface area contributed by atoms with Gasteiger partial charge in [0.1, 0.15) is 5.69 Å². The lowest BCUT2D eigenvalue weighted by Gasteiger charge is -2.19. The van der Waals surface area contributed by atoms with Crippen LogP contribution in [0.25, 0.3) is 0 Å². The zero-order valence-electron chi connectivity index (χ0n) is 9.15. The van der Waals surface area contributed by atoms with Crippen molar-refractivity contribution in [3.05, 3.63) is 16.1 Å². The van der Waals surface area contributed by atoms with Crippen molar-refractivity contribution in [2.24, 2.45) is 5.92 Å². The molecule has 0 N–H and O–H groups in total. The molecule has 4 nitrogen and oxygen atoms in total. The van der Waals surface area contributed by atoms with E-state index in [2.05, 4.69) is 22.6 Å². The predicted octanol–water partition coefficient (Wildman–Crippen LogP) is 2.37. The molecule has 92 valence electrons. The van der Waals surface area contributed by atoms with Crippen molar-refractivity contribution in [3.63, 3.8) is 0 Å². The number of aromatic nitrogens is 2. The summed E-state index contributed by atoms with van der Waals surface area (Å²) in [5.41, 5.74) is 1.17. The first kappa shape index (κ1) is 12.9. The van der Waals surface area contributed by atoms with E-state index < -0.39 is 0 Å². The Bertz CT molecular complexity index is 446. The average Bonchev–Trinajstić information content (AvgIpc) is 2.59. The summed E-state index contributed by atoms with van der Waals surface area (Å²) in [7, 11) is 0. The Balaban J connectivity index is 2.38. The lowest BCUT2D eigenvalue weighted by Crippen LogP contribution is -2.26. The molecule has 0 aromatic carbocycles. The Morgan fingerprint density at radius 3 is 2.71 bits per heavy atom. The van der Waals surface area contributed by atoms with Crippen molar-refractivity contribution in [2.45, 2.75) is 13.3 Å². The Morgan fingerprint density at radius 1 is 1.47 bits per heavy atom. The van der Waals surface area contributed by atoms with Gasteiger partial charge in [0, 0.05) is 13.0 Å². The van der Waals surface area contributed by atoms with Crippen LogP contribution < -0.4 is 4.90 Å². The molecule has 17 heavy (non-hydrogen) atoms. The van der Waals surface area contributed by atoms with Crippen LogP contribution in [0.5, 0.6) is 0 Å². The van der Waals surface area contributed by atoms with Crippen LogP contribution in [0.15, 0.2) is 0 Å². The molecule has 0 radical (unpaired) electrons. The van der Waals surface area contributed by atoms with E-state index in [1.165, 1.54) is 0 Å². The van der Waals surface area contributed by atoms with Crippen LogP contribution in [0.4, 0.5) is 5.69 Å². The fraction of sp³-hybridized carbons (Fsp3) is 0.500. The number of hydrogen-bond acceptors (Lipinski definition) is 4. The van der Waals surface area contributed by atoms with Crippen LogP contribution in [0, 0.1) is 12.8 Å². The maximum atomic E-state index is 11.9. The third kappa shape index (κ3) is 2.51. The highest BCUT2D eigenvalue weighted by molar-refractivity contribution is 7.80. The van der Waals surface area contributed by atoms with Crippen molar-refractivity contribution in [1.82, 2.24) is 9.97 Å². The minimum absolute atomic E-state index is 0.0278. The van der Waals surface area contributed by atoms with E-state index >= 15 is 0 Å². The Morgan fingerprint density at radius 2 is 2.18 bits per heavy atom. The molecule has 1 aliphatic rings. The summed E-state index contributed by atoms with van der Waals surface area (Å²) in [6.07, 6.45) is 0.488. The van der Waals surface area contributed by atoms with Gasteiger partial charge in [-0.3, -0.25) is 4.79 Å². The average molecular weight is 292 g/mol. The molecule has 1 aliphatic heterocycles. The summed E-state index contributed by atoms with van der Waals surface area (Å²) in [5, 5.41) is 0.310. The van der Waals surface area contributed by atoms with E-state index in [-0.39, 0.29) is 22.3 Å². The summed E-state index contributed by atoms with van der Waals surface area (Å²) in [4.78, 5) is 21.4. The van der Waals surface area contributed by atoms with Crippen LogP contribution in [0.2, 0.25) is 10.4 Å². The topological polar surface area (TPSA) is 46.1 Å². The van der Waals surface area contributed by atoms with Gasteiger partial charge in [0.2, 0.25) is 11.2 Å². The van der Waals surface area contributed by atoms with Gasteiger partial charge in [-0.1, -0.05) is 11.6 Å². The number of halogens is 2. The fourth-order valence-electron chi connectivity index (χ4n) is 1.93. The summed E-state index contributed by atoms with van der Waals surface area (Å²) >= 11 is 15.9. The van der Waals surface area contributed by atoms with Gasteiger partial charge in [0.25, 0.3) is 0 Å². The highest BCUT2D eigenvalue weighted by Crippen LogP contribution is 2.33. The molecule has 0 saturated carbocycles. The number of nitrogens with zero attached hydrogens (tertiary/aromatic N) is 3. The van der Waals surface area contributed by atoms with Crippen LogP contribution in [0.3, 0.4) is 0 Å². The molecule has 7 heteroatoms. The zero-order valence-corrected chi connectivity index (χ0v) is 11.6. The number of aryl methyl sites for hydroxylation is 1. The molecule has 1 fully saturated rings. The lowest BCUT2D eigenvalue weighted by molar-refractivity contribution is -0.117. The van der Waals surface area contributed by atoms with Crippen molar-refractivity contribution < 1.29 is 4.79 Å². The highest BCUT2D eigenvalue weighted by Gasteiger charge is 2.32. The van der Waals surface area contributed by atoms with Crippen LogP contribution >= 0.6 is 35.8 Å². The van der Waals surface area contributed by atoms with Gasteiger partial charge in [0.15, 0.2) is 5.15 Å². The van der Waals surface area contributed by atoms with E-state index in [0.717, 1.165) is 0 Å². The fourth-order valence-corrected chi connectivity index (χ4v) is 2.74. The summed E-state index contributed by atoms with van der Waals surface area (Å²) in [6.45, 7) is 2.37. The summed E-state index contributed by atoms with van der Waals surface area (Å²) < 4.78 is 0. The molecule has 1 amide bonds. The van der Waals surface area contributed by atoms with E-state index in [0.29, 0.717) is 30.1 Å². The molecule has 0 aliphatic carbocycles. The number of rotatable bonds is 2. The summed E-state index contributed by atoms with van der Waals surface area (Å²) in [5.74, 6) is 0.949. The van der Waals surface area contributed by atoms with Gasteiger partial charge in [0.05, 0.1) is 5.69 Å². The molecule has 1 unspecified atom stereocenters.